The molecule has 1 amide bonds. The van der Waals surface area contributed by atoms with Crippen molar-refractivity contribution in [3.8, 4) is 0 Å². The maximum absolute atomic E-state index is 12.4. The zero-order valence-electron chi connectivity index (χ0n) is 31.1. The maximum atomic E-state index is 12.4. The number of rotatable bonds is 35. The van der Waals surface area contributed by atoms with Gasteiger partial charge >= 0.3 is 11.9 Å². The standard InChI is InChI=1S/C42H73NO5/c1-3-5-7-9-11-13-15-17-19-21-23-25-27-29-31-33-35-39(48-42(47)38-43-40(44)37-41(45)46)36-34-32-30-28-26-24-22-20-18-16-14-12-10-8-6-4-2/h11-14,17-20,39H,3-10,15-16,21-38H2,1-2H3,(H,43,44)(H,45,46)/b13-11-,14-12-,19-17-,20-18-. The number of ether oxygens (including phenoxy) is 1. The zero-order chi connectivity index (χ0) is 35.2. The third-order valence-electron chi connectivity index (χ3n) is 8.49. The summed E-state index contributed by atoms with van der Waals surface area (Å²) >= 11 is 0. The Hall–Kier alpha value is -2.63. The number of hydrogen-bond donors (Lipinski definition) is 2. The average Bonchev–Trinajstić information content (AvgIpc) is 3.06. The molecule has 0 atom stereocenters. The minimum Gasteiger partial charge on any atom is -0.481 e. The molecule has 0 saturated heterocycles. The van der Waals surface area contributed by atoms with Crippen molar-refractivity contribution in [1.82, 2.24) is 5.32 Å². The van der Waals surface area contributed by atoms with E-state index < -0.39 is 24.3 Å². The lowest BCUT2D eigenvalue weighted by molar-refractivity contribution is -0.150. The van der Waals surface area contributed by atoms with E-state index in [0.29, 0.717) is 0 Å². The summed E-state index contributed by atoms with van der Waals surface area (Å²) in [6, 6.07) is 0. The highest BCUT2D eigenvalue weighted by Crippen LogP contribution is 2.18. The number of nitrogens with one attached hydrogen (secondary N) is 1. The Balaban J connectivity index is 4.16. The number of esters is 1. The average molecular weight is 672 g/mol. The van der Waals surface area contributed by atoms with Crippen LogP contribution in [0.15, 0.2) is 48.6 Å². The molecule has 0 aliphatic heterocycles. The maximum Gasteiger partial charge on any atom is 0.325 e. The molecule has 276 valence electrons. The van der Waals surface area contributed by atoms with Crippen LogP contribution < -0.4 is 5.32 Å². The minimum atomic E-state index is -1.21. The van der Waals surface area contributed by atoms with E-state index in [9.17, 15) is 14.4 Å². The summed E-state index contributed by atoms with van der Waals surface area (Å²) in [6.45, 7) is 4.20. The van der Waals surface area contributed by atoms with Crippen LogP contribution in [-0.4, -0.2) is 35.6 Å². The van der Waals surface area contributed by atoms with Gasteiger partial charge in [0.1, 0.15) is 19.1 Å². The normalized spacial score (nSPS) is 12.0. The van der Waals surface area contributed by atoms with Gasteiger partial charge in [-0.1, -0.05) is 140 Å². The van der Waals surface area contributed by atoms with Crippen LogP contribution in [0.1, 0.15) is 187 Å². The van der Waals surface area contributed by atoms with Crippen LogP contribution in [0.25, 0.3) is 0 Å². The van der Waals surface area contributed by atoms with Gasteiger partial charge in [0.2, 0.25) is 5.91 Å². The molecule has 0 aliphatic carbocycles. The topological polar surface area (TPSA) is 92.7 Å². The van der Waals surface area contributed by atoms with Crippen LogP contribution in [0.3, 0.4) is 0 Å². The number of carboxylic acid groups (broad SMARTS) is 1. The molecule has 0 radical (unpaired) electrons. The molecule has 0 bridgehead atoms. The van der Waals surface area contributed by atoms with Crippen LogP contribution >= 0.6 is 0 Å². The predicted octanol–water partition coefficient (Wildman–Crippen LogP) is 11.9. The van der Waals surface area contributed by atoms with Crippen LogP contribution in [0, 0.1) is 0 Å². The van der Waals surface area contributed by atoms with E-state index in [1.165, 1.54) is 103 Å². The van der Waals surface area contributed by atoms with Gasteiger partial charge in [0.05, 0.1) is 0 Å². The van der Waals surface area contributed by atoms with Crippen molar-refractivity contribution in [3.05, 3.63) is 48.6 Å². The molecule has 0 saturated carbocycles. The second-order valence-corrected chi connectivity index (χ2v) is 13.2. The smallest absolute Gasteiger partial charge is 0.325 e. The summed E-state index contributed by atoms with van der Waals surface area (Å²) in [7, 11) is 0. The third-order valence-corrected chi connectivity index (χ3v) is 8.49. The second-order valence-electron chi connectivity index (χ2n) is 13.2. The number of carbonyl (C=O) groups is 3. The number of aliphatic carboxylic acids is 1. The Morgan fingerprint density at radius 3 is 1.31 bits per heavy atom. The first-order valence-electron chi connectivity index (χ1n) is 19.8. The Labute approximate surface area is 295 Å². The van der Waals surface area contributed by atoms with E-state index in [-0.39, 0.29) is 12.6 Å². The molecular weight excluding hydrogens is 598 g/mol. The zero-order valence-corrected chi connectivity index (χ0v) is 31.1. The monoisotopic (exact) mass is 672 g/mol. The van der Waals surface area contributed by atoms with Crippen LogP contribution in [-0.2, 0) is 19.1 Å². The number of allylic oxidation sites excluding steroid dienone is 8. The predicted molar refractivity (Wildman–Crippen MR) is 203 cm³/mol. The number of carbonyl (C=O) groups excluding carboxylic acids is 2. The molecule has 0 spiro atoms. The SMILES string of the molecule is CCCCC/C=C\C/C=C\CCCCCCCCC(CCCCCCCC/C=C\C/C=C\CCCCC)OC(=O)CNC(=O)CC(=O)O. The Morgan fingerprint density at radius 1 is 0.542 bits per heavy atom. The van der Waals surface area contributed by atoms with Gasteiger partial charge in [-0.2, -0.15) is 0 Å². The molecule has 0 aromatic carbocycles. The Bertz CT molecular complexity index is 827. The van der Waals surface area contributed by atoms with Crippen LogP contribution in [0.5, 0.6) is 0 Å². The first-order chi connectivity index (χ1) is 23.5. The molecule has 48 heavy (non-hydrogen) atoms. The largest absolute Gasteiger partial charge is 0.481 e. The first-order valence-corrected chi connectivity index (χ1v) is 19.8. The van der Waals surface area contributed by atoms with E-state index in [2.05, 4.69) is 67.8 Å². The van der Waals surface area contributed by atoms with Crippen LogP contribution in [0.2, 0.25) is 0 Å². The summed E-state index contributed by atoms with van der Waals surface area (Å²) in [6.07, 6.45) is 48.0. The van der Waals surface area contributed by atoms with Crippen molar-refractivity contribution in [2.24, 2.45) is 0 Å². The quantitative estimate of drug-likeness (QED) is 0.0303. The van der Waals surface area contributed by atoms with E-state index in [4.69, 9.17) is 9.84 Å². The lowest BCUT2D eigenvalue weighted by Gasteiger charge is -2.18. The number of hydrogen-bond acceptors (Lipinski definition) is 4. The Morgan fingerprint density at radius 2 is 0.917 bits per heavy atom. The van der Waals surface area contributed by atoms with Gasteiger partial charge in [0.15, 0.2) is 0 Å². The molecule has 6 heteroatoms. The van der Waals surface area contributed by atoms with Gasteiger partial charge in [-0.3, -0.25) is 14.4 Å². The number of carboxylic acids is 1. The van der Waals surface area contributed by atoms with Gasteiger partial charge in [-0.25, -0.2) is 0 Å². The molecule has 2 N–H and O–H groups in total. The highest BCUT2D eigenvalue weighted by atomic mass is 16.5. The minimum absolute atomic E-state index is 0.148. The van der Waals surface area contributed by atoms with Gasteiger partial charge in [-0.05, 0) is 89.9 Å². The van der Waals surface area contributed by atoms with Gasteiger partial charge in [-0.15, -0.1) is 0 Å². The summed E-state index contributed by atoms with van der Waals surface area (Å²) in [5, 5.41) is 11.1. The lowest BCUT2D eigenvalue weighted by Crippen LogP contribution is -2.33. The summed E-state index contributed by atoms with van der Waals surface area (Å²) in [5.41, 5.74) is 0. The fourth-order valence-corrected chi connectivity index (χ4v) is 5.58. The fourth-order valence-electron chi connectivity index (χ4n) is 5.58. The summed E-state index contributed by atoms with van der Waals surface area (Å²) in [5.74, 6) is -2.38. The van der Waals surface area contributed by atoms with Crippen molar-refractivity contribution in [3.63, 3.8) is 0 Å². The highest BCUT2D eigenvalue weighted by molar-refractivity contribution is 5.94. The van der Waals surface area contributed by atoms with Crippen molar-refractivity contribution >= 4 is 17.8 Å². The van der Waals surface area contributed by atoms with Gasteiger partial charge in [0, 0.05) is 0 Å². The van der Waals surface area contributed by atoms with Crippen molar-refractivity contribution < 1.29 is 24.2 Å². The highest BCUT2D eigenvalue weighted by Gasteiger charge is 2.16. The molecule has 0 aromatic rings. The first kappa shape index (κ1) is 45.4. The molecule has 0 rings (SSSR count). The second kappa shape index (κ2) is 37.2. The van der Waals surface area contributed by atoms with Crippen LogP contribution in [0.4, 0.5) is 0 Å². The van der Waals surface area contributed by atoms with E-state index in [0.717, 1.165) is 64.2 Å². The van der Waals surface area contributed by atoms with Crippen molar-refractivity contribution in [1.29, 1.82) is 0 Å². The molecule has 0 fully saturated rings. The summed E-state index contributed by atoms with van der Waals surface area (Å²) < 4.78 is 5.73. The van der Waals surface area contributed by atoms with E-state index >= 15 is 0 Å². The molecule has 6 nitrogen and oxygen atoms in total. The van der Waals surface area contributed by atoms with E-state index in [1.54, 1.807) is 0 Å². The van der Waals surface area contributed by atoms with Crippen molar-refractivity contribution in [2.45, 2.75) is 193 Å². The fraction of sp³-hybridized carbons (Fsp3) is 0.738. The number of amides is 1. The van der Waals surface area contributed by atoms with Gasteiger partial charge in [0.25, 0.3) is 0 Å². The summed E-state index contributed by atoms with van der Waals surface area (Å²) in [4.78, 5) is 34.7. The molecule has 0 unspecified atom stereocenters. The molecule has 0 aliphatic rings. The lowest BCUT2D eigenvalue weighted by atomic mass is 10.0. The van der Waals surface area contributed by atoms with Gasteiger partial charge < -0.3 is 15.2 Å². The van der Waals surface area contributed by atoms with E-state index in [1.807, 2.05) is 0 Å². The molecule has 0 aromatic heterocycles. The third kappa shape index (κ3) is 36.2. The number of unbranched alkanes of at least 4 members (excludes halogenated alkanes) is 18. The molecular formula is C42H73NO5. The Kier molecular flexibility index (Phi) is 35.2. The molecule has 0 heterocycles. The van der Waals surface area contributed by atoms with Crippen molar-refractivity contribution in [2.75, 3.05) is 6.54 Å².